The first-order valence-corrected chi connectivity index (χ1v) is 23.9. The lowest BCUT2D eigenvalue weighted by atomic mass is 9.97. The molecule has 0 radical (unpaired) electrons. The van der Waals surface area contributed by atoms with Gasteiger partial charge >= 0.3 is 0 Å². The van der Waals surface area contributed by atoms with Gasteiger partial charge in [-0.2, -0.15) is 8.75 Å². The van der Waals surface area contributed by atoms with Crippen molar-refractivity contribution in [3.63, 3.8) is 0 Å². The van der Waals surface area contributed by atoms with Gasteiger partial charge in [0.1, 0.15) is 22.2 Å². The highest BCUT2D eigenvalue weighted by atomic mass is 32.1. The lowest BCUT2D eigenvalue weighted by molar-refractivity contribution is 0.381. The van der Waals surface area contributed by atoms with Gasteiger partial charge in [-0.05, 0) is 101 Å². The number of anilines is 3. The van der Waals surface area contributed by atoms with Crippen LogP contribution in [0, 0.1) is 58.2 Å². The van der Waals surface area contributed by atoms with Crippen LogP contribution in [0.2, 0.25) is 0 Å². The fraction of sp³-hybridized carbons (Fsp3) is 0. The molecule has 0 saturated heterocycles. The molecule has 0 saturated carbocycles. The van der Waals surface area contributed by atoms with E-state index in [1.807, 2.05) is 91.0 Å². The minimum absolute atomic E-state index is 0.224. The van der Waals surface area contributed by atoms with Crippen molar-refractivity contribution in [2.24, 2.45) is 0 Å². The number of fused-ring (bicyclic) bond motifs is 7. The summed E-state index contributed by atoms with van der Waals surface area (Å²) in [6.45, 7) is 0. The zero-order valence-electron chi connectivity index (χ0n) is 38.6. The largest absolute Gasteiger partial charge is 0.456 e. The molecule has 0 amide bonds. The van der Waals surface area contributed by atoms with Crippen molar-refractivity contribution in [1.82, 2.24) is 13.3 Å². The molecule has 0 aliphatic carbocycles. The zero-order chi connectivity index (χ0) is 52.3. The molecule has 0 aliphatic heterocycles. The van der Waals surface area contributed by atoms with Crippen LogP contribution in [0.15, 0.2) is 174 Å². The van der Waals surface area contributed by atoms with Crippen molar-refractivity contribution >= 4 is 83.6 Å². The minimum Gasteiger partial charge on any atom is -0.456 e. The van der Waals surface area contributed by atoms with E-state index in [0.717, 1.165) is 96.5 Å². The van der Waals surface area contributed by atoms with Gasteiger partial charge in [0, 0.05) is 50.2 Å². The SMILES string of the molecule is Fc1c(F)c(F)c(-c2ccc(N(c3ccc(-c4c(F)c(F)c(F)c(F)c4F)cc3)c3ccc(-c4cccc5c4c4ccccc4n5-c4ccc5c(c4)oc4cc(-c6ccccc6)ccc45)c4nsnc34)cc2)c(F)c1F. The van der Waals surface area contributed by atoms with Crippen LogP contribution in [-0.4, -0.2) is 13.3 Å². The molecule has 3 aromatic heterocycles. The highest BCUT2D eigenvalue weighted by molar-refractivity contribution is 7.00. The fourth-order valence-corrected chi connectivity index (χ4v) is 10.8. The quantitative estimate of drug-likeness (QED) is 0.0864. The van der Waals surface area contributed by atoms with E-state index >= 15 is 17.6 Å². The summed E-state index contributed by atoms with van der Waals surface area (Å²) in [5.41, 5.74) is 6.14. The Labute approximate surface area is 426 Å². The monoisotopic (exact) mass is 1040 g/mol. The molecule has 3 heterocycles. The van der Waals surface area contributed by atoms with Gasteiger partial charge in [-0.1, -0.05) is 91.0 Å². The molecule has 0 aliphatic rings. The molecule has 10 aromatic carbocycles. The van der Waals surface area contributed by atoms with Crippen molar-refractivity contribution in [3.8, 4) is 50.2 Å². The van der Waals surface area contributed by atoms with E-state index in [4.69, 9.17) is 13.2 Å². The van der Waals surface area contributed by atoms with Crippen LogP contribution in [0.1, 0.15) is 0 Å². The van der Waals surface area contributed by atoms with Crippen LogP contribution < -0.4 is 4.90 Å². The van der Waals surface area contributed by atoms with Crippen LogP contribution in [0.3, 0.4) is 0 Å². The first-order chi connectivity index (χ1) is 36.9. The van der Waals surface area contributed by atoms with Crippen molar-refractivity contribution < 1.29 is 48.3 Å². The summed E-state index contributed by atoms with van der Waals surface area (Å²) < 4.78 is 164. The maximum Gasteiger partial charge on any atom is 0.200 e. The Bertz CT molecular complexity index is 4370. The number of nitrogens with zero attached hydrogens (tertiary/aromatic N) is 4. The second-order valence-electron chi connectivity index (χ2n) is 17.8. The Kier molecular flexibility index (Phi) is 10.8. The molecular weight excluding hydrogens is 1010 g/mol. The van der Waals surface area contributed by atoms with Crippen LogP contribution in [0.25, 0.3) is 105 Å². The topological polar surface area (TPSA) is 47.1 Å². The molecule has 0 unspecified atom stereocenters. The van der Waals surface area contributed by atoms with E-state index < -0.39 is 69.3 Å². The first-order valence-electron chi connectivity index (χ1n) is 23.2. The molecule has 13 aromatic rings. The van der Waals surface area contributed by atoms with E-state index in [9.17, 15) is 26.3 Å². The Morgan fingerprint density at radius 3 is 1.51 bits per heavy atom. The molecule has 0 atom stereocenters. The minimum atomic E-state index is -2.32. The molecule has 76 heavy (non-hydrogen) atoms. The second kappa shape index (κ2) is 17.7. The molecule has 0 N–H and O–H groups in total. The van der Waals surface area contributed by atoms with Crippen LogP contribution in [-0.2, 0) is 0 Å². The summed E-state index contributed by atoms with van der Waals surface area (Å²) in [6.07, 6.45) is 0. The van der Waals surface area contributed by atoms with Gasteiger partial charge in [-0.25, -0.2) is 43.9 Å². The van der Waals surface area contributed by atoms with E-state index in [2.05, 4.69) is 28.8 Å². The molecular formula is C60H28F10N4OS. The van der Waals surface area contributed by atoms with Gasteiger partial charge in [0.15, 0.2) is 46.5 Å². The Morgan fingerprint density at radius 1 is 0.382 bits per heavy atom. The first kappa shape index (κ1) is 46.5. The smallest absolute Gasteiger partial charge is 0.200 e. The number of benzene rings is 10. The highest BCUT2D eigenvalue weighted by Gasteiger charge is 2.30. The molecule has 13 rings (SSSR count). The molecule has 16 heteroatoms. The average molecular weight is 1040 g/mol. The van der Waals surface area contributed by atoms with Crippen LogP contribution in [0.5, 0.6) is 0 Å². The number of aromatic nitrogens is 3. The second-order valence-corrected chi connectivity index (χ2v) is 18.4. The van der Waals surface area contributed by atoms with Gasteiger partial charge in [0.2, 0.25) is 11.6 Å². The Morgan fingerprint density at radius 2 is 0.895 bits per heavy atom. The summed E-state index contributed by atoms with van der Waals surface area (Å²) in [7, 11) is 0. The van der Waals surface area contributed by atoms with Gasteiger partial charge in [0.05, 0.1) is 39.6 Å². The van der Waals surface area contributed by atoms with Crippen LogP contribution >= 0.6 is 11.7 Å². The number of hydrogen-bond donors (Lipinski definition) is 0. The maximum atomic E-state index is 15.1. The third-order valence-corrected chi connectivity index (χ3v) is 14.2. The van der Waals surface area contributed by atoms with Crippen molar-refractivity contribution in [2.45, 2.75) is 0 Å². The summed E-state index contributed by atoms with van der Waals surface area (Å²) in [5.74, 6) is -21.3. The number of rotatable bonds is 8. The van der Waals surface area contributed by atoms with E-state index in [1.54, 1.807) is 11.0 Å². The maximum absolute atomic E-state index is 15.1. The summed E-state index contributed by atoms with van der Waals surface area (Å²) in [4.78, 5) is 1.57. The Balaban J connectivity index is 0.952. The predicted octanol–water partition coefficient (Wildman–Crippen LogP) is 18.2. The lowest BCUT2D eigenvalue weighted by Crippen LogP contribution is -2.11. The van der Waals surface area contributed by atoms with E-state index in [1.165, 1.54) is 24.3 Å². The molecule has 0 fully saturated rings. The molecule has 0 spiro atoms. The third kappa shape index (κ3) is 7.08. The standard InChI is InChI=1S/C60H28F10N4OS/c61-49-46(50(62)54(66)57(69)53(49)65)30-13-18-33(19-14-30)73(34-20-15-31(16-21-34)47-51(63)55(67)58(70)56(68)52(47)64)43-26-25-39(59-60(43)72-76-71-59)38-10-6-12-42-48(38)40-9-4-5-11-41(40)74(42)35-22-24-37-36-23-17-32(29-7-2-1-3-8-29)27-44(36)75-45(37)28-35/h1-28H. The number of halogens is 10. The Hall–Kier alpha value is -9.28. The van der Waals surface area contributed by atoms with Gasteiger partial charge in [0.25, 0.3) is 0 Å². The number of hydrogen-bond acceptors (Lipinski definition) is 5. The summed E-state index contributed by atoms with van der Waals surface area (Å²) >= 11 is 0.898. The number of para-hydroxylation sites is 1. The average Bonchev–Trinajstić information content (AvgIpc) is 4.23. The van der Waals surface area contributed by atoms with E-state index in [-0.39, 0.29) is 22.5 Å². The third-order valence-electron chi connectivity index (χ3n) is 13.7. The van der Waals surface area contributed by atoms with Gasteiger partial charge < -0.3 is 13.9 Å². The van der Waals surface area contributed by atoms with E-state index in [0.29, 0.717) is 27.9 Å². The normalized spacial score (nSPS) is 11.8. The van der Waals surface area contributed by atoms with Gasteiger partial charge in [-0.3, -0.25) is 0 Å². The van der Waals surface area contributed by atoms with Crippen molar-refractivity contribution in [2.75, 3.05) is 4.90 Å². The van der Waals surface area contributed by atoms with Crippen LogP contribution in [0.4, 0.5) is 61.0 Å². The zero-order valence-corrected chi connectivity index (χ0v) is 39.4. The molecule has 0 bridgehead atoms. The fourth-order valence-electron chi connectivity index (χ4n) is 10.2. The predicted molar refractivity (Wildman–Crippen MR) is 275 cm³/mol. The number of furan rings is 1. The summed E-state index contributed by atoms with van der Waals surface area (Å²) in [6, 6.07) is 49.7. The molecule has 5 nitrogen and oxygen atoms in total. The van der Waals surface area contributed by atoms with Gasteiger partial charge in [-0.15, -0.1) is 0 Å². The highest BCUT2D eigenvalue weighted by Crippen LogP contribution is 2.46. The molecule has 370 valence electrons. The van der Waals surface area contributed by atoms with Crippen molar-refractivity contribution in [3.05, 3.63) is 228 Å². The van der Waals surface area contributed by atoms with Crippen molar-refractivity contribution in [1.29, 1.82) is 0 Å². The summed E-state index contributed by atoms with van der Waals surface area (Å²) in [5, 5.41) is 3.76. The lowest BCUT2D eigenvalue weighted by Gasteiger charge is -2.26.